The number of hydrogen-bond acceptors (Lipinski definition) is 1. The van der Waals surface area contributed by atoms with Crippen molar-refractivity contribution in [1.82, 2.24) is 9.55 Å². The molecule has 0 radical (unpaired) electrons. The van der Waals surface area contributed by atoms with Gasteiger partial charge >= 0.3 is 0 Å². The first-order valence-corrected chi connectivity index (χ1v) is 4.58. The molecular formula is C8H13BrN2. The number of imidazole rings is 1. The first-order valence-electron chi connectivity index (χ1n) is 3.79. The van der Waals surface area contributed by atoms with E-state index in [1.807, 2.05) is 13.1 Å². The molecule has 0 unspecified atom stereocenters. The van der Waals surface area contributed by atoms with E-state index in [4.69, 9.17) is 0 Å². The Morgan fingerprint density at radius 2 is 2.27 bits per heavy atom. The fraction of sp³-hybridized carbons (Fsp3) is 0.625. The van der Waals surface area contributed by atoms with E-state index in [1.54, 1.807) is 0 Å². The highest BCUT2D eigenvalue weighted by atomic mass is 79.9. The molecule has 0 fully saturated rings. The van der Waals surface area contributed by atoms with Crippen molar-refractivity contribution in [2.45, 2.75) is 27.3 Å². The second-order valence-electron chi connectivity index (χ2n) is 3.13. The van der Waals surface area contributed by atoms with Gasteiger partial charge < -0.3 is 4.57 Å². The van der Waals surface area contributed by atoms with Crippen molar-refractivity contribution >= 4 is 15.9 Å². The Morgan fingerprint density at radius 3 is 2.64 bits per heavy atom. The molecule has 0 N–H and O–H groups in total. The van der Waals surface area contributed by atoms with E-state index < -0.39 is 0 Å². The van der Waals surface area contributed by atoms with Crippen LogP contribution in [0.5, 0.6) is 0 Å². The maximum atomic E-state index is 4.19. The molecule has 0 spiro atoms. The third kappa shape index (κ3) is 2.06. The summed E-state index contributed by atoms with van der Waals surface area (Å²) in [6, 6.07) is 0. The monoisotopic (exact) mass is 216 g/mol. The predicted molar refractivity (Wildman–Crippen MR) is 49.5 cm³/mol. The average molecular weight is 217 g/mol. The van der Waals surface area contributed by atoms with Crippen molar-refractivity contribution in [3.05, 3.63) is 16.6 Å². The van der Waals surface area contributed by atoms with E-state index in [-0.39, 0.29) is 0 Å². The lowest BCUT2D eigenvalue weighted by Gasteiger charge is -2.08. The number of aryl methyl sites for hydroxylation is 1. The Morgan fingerprint density at radius 1 is 1.64 bits per heavy atom. The van der Waals surface area contributed by atoms with E-state index in [2.05, 4.69) is 39.3 Å². The zero-order chi connectivity index (χ0) is 8.43. The molecule has 2 nitrogen and oxygen atoms in total. The molecule has 0 saturated heterocycles. The van der Waals surface area contributed by atoms with Crippen LogP contribution in [0.1, 0.15) is 19.7 Å². The van der Waals surface area contributed by atoms with Gasteiger partial charge in [0.2, 0.25) is 0 Å². The van der Waals surface area contributed by atoms with Crippen molar-refractivity contribution in [3.8, 4) is 0 Å². The molecule has 11 heavy (non-hydrogen) atoms. The van der Waals surface area contributed by atoms with Gasteiger partial charge in [0.25, 0.3) is 0 Å². The first kappa shape index (κ1) is 8.78. The summed E-state index contributed by atoms with van der Waals surface area (Å²) in [5, 5.41) is 0. The van der Waals surface area contributed by atoms with Crippen molar-refractivity contribution in [1.29, 1.82) is 0 Å². The van der Waals surface area contributed by atoms with Crippen LogP contribution in [0.4, 0.5) is 0 Å². The average Bonchev–Trinajstić information content (AvgIpc) is 2.18. The molecule has 62 valence electrons. The van der Waals surface area contributed by atoms with Gasteiger partial charge in [0.1, 0.15) is 10.4 Å². The smallest absolute Gasteiger partial charge is 0.106 e. The molecule has 0 aliphatic rings. The molecule has 1 aromatic heterocycles. The number of aromatic nitrogens is 2. The summed E-state index contributed by atoms with van der Waals surface area (Å²) >= 11 is 3.45. The van der Waals surface area contributed by atoms with E-state index in [9.17, 15) is 0 Å². The van der Waals surface area contributed by atoms with Crippen LogP contribution in [-0.4, -0.2) is 9.55 Å². The fourth-order valence-electron chi connectivity index (χ4n) is 1.03. The lowest BCUT2D eigenvalue weighted by molar-refractivity contribution is 0.508. The predicted octanol–water partition coefficient (Wildman–Crippen LogP) is 2.61. The molecule has 0 atom stereocenters. The summed E-state index contributed by atoms with van der Waals surface area (Å²) in [7, 11) is 0. The normalized spacial score (nSPS) is 11.0. The minimum Gasteiger partial charge on any atom is -0.323 e. The summed E-state index contributed by atoms with van der Waals surface area (Å²) in [5.74, 6) is 1.74. The van der Waals surface area contributed by atoms with Gasteiger partial charge in [-0.15, -0.1) is 0 Å². The van der Waals surface area contributed by atoms with Crippen LogP contribution in [0.3, 0.4) is 0 Å². The minimum absolute atomic E-state index is 0.666. The van der Waals surface area contributed by atoms with Gasteiger partial charge in [-0.05, 0) is 28.8 Å². The van der Waals surface area contributed by atoms with Crippen molar-refractivity contribution in [2.75, 3.05) is 0 Å². The van der Waals surface area contributed by atoms with Gasteiger partial charge in [0.15, 0.2) is 0 Å². The van der Waals surface area contributed by atoms with Crippen molar-refractivity contribution < 1.29 is 0 Å². The maximum Gasteiger partial charge on any atom is 0.106 e. The fourth-order valence-corrected chi connectivity index (χ4v) is 1.53. The lowest BCUT2D eigenvalue weighted by Crippen LogP contribution is -2.06. The van der Waals surface area contributed by atoms with E-state index in [0.717, 1.165) is 17.0 Å². The van der Waals surface area contributed by atoms with Gasteiger partial charge in [0, 0.05) is 6.54 Å². The van der Waals surface area contributed by atoms with Crippen LogP contribution in [0.2, 0.25) is 0 Å². The third-order valence-electron chi connectivity index (χ3n) is 1.55. The summed E-state index contributed by atoms with van der Waals surface area (Å²) < 4.78 is 3.24. The first-order chi connectivity index (χ1) is 5.11. The Balaban J connectivity index is 2.83. The van der Waals surface area contributed by atoms with Crippen molar-refractivity contribution in [3.63, 3.8) is 0 Å². The zero-order valence-corrected chi connectivity index (χ0v) is 8.72. The van der Waals surface area contributed by atoms with Crippen LogP contribution in [0, 0.1) is 12.8 Å². The number of nitrogens with zero attached hydrogens (tertiary/aromatic N) is 2. The molecule has 1 aromatic rings. The Bertz CT molecular complexity index is 221. The van der Waals surface area contributed by atoms with Gasteiger partial charge in [-0.3, -0.25) is 0 Å². The van der Waals surface area contributed by atoms with Crippen LogP contribution < -0.4 is 0 Å². The molecule has 0 aromatic carbocycles. The van der Waals surface area contributed by atoms with E-state index in [0.29, 0.717) is 5.92 Å². The summed E-state index contributed by atoms with van der Waals surface area (Å²) in [4.78, 5) is 4.19. The second-order valence-corrected chi connectivity index (χ2v) is 3.95. The SMILES string of the molecule is Cc1ncc(Br)n1CC(C)C. The van der Waals surface area contributed by atoms with E-state index in [1.165, 1.54) is 0 Å². The minimum atomic E-state index is 0.666. The quantitative estimate of drug-likeness (QED) is 0.744. The highest BCUT2D eigenvalue weighted by molar-refractivity contribution is 9.10. The number of halogens is 1. The summed E-state index contributed by atoms with van der Waals surface area (Å²) in [5.41, 5.74) is 0. The molecule has 0 aliphatic heterocycles. The van der Waals surface area contributed by atoms with Gasteiger partial charge in [0.05, 0.1) is 6.20 Å². The van der Waals surface area contributed by atoms with Gasteiger partial charge in [-0.1, -0.05) is 13.8 Å². The molecule has 0 aliphatic carbocycles. The zero-order valence-electron chi connectivity index (χ0n) is 7.13. The Kier molecular flexibility index (Phi) is 2.71. The molecule has 1 rings (SSSR count). The van der Waals surface area contributed by atoms with Crippen molar-refractivity contribution in [2.24, 2.45) is 5.92 Å². The molecular weight excluding hydrogens is 204 g/mol. The molecule has 0 amide bonds. The number of hydrogen-bond donors (Lipinski definition) is 0. The Hall–Kier alpha value is -0.310. The highest BCUT2D eigenvalue weighted by Gasteiger charge is 2.04. The standard InChI is InChI=1S/C8H13BrN2/c1-6(2)5-11-7(3)10-4-8(11)9/h4,6H,5H2,1-3H3. The highest BCUT2D eigenvalue weighted by Crippen LogP contribution is 2.13. The van der Waals surface area contributed by atoms with Crippen LogP contribution in [0.25, 0.3) is 0 Å². The second kappa shape index (κ2) is 3.39. The third-order valence-corrected chi connectivity index (χ3v) is 2.19. The molecule has 1 heterocycles. The lowest BCUT2D eigenvalue weighted by atomic mass is 10.2. The summed E-state index contributed by atoms with van der Waals surface area (Å²) in [6.45, 7) is 7.46. The van der Waals surface area contributed by atoms with Crippen LogP contribution >= 0.6 is 15.9 Å². The van der Waals surface area contributed by atoms with Crippen LogP contribution in [0.15, 0.2) is 10.8 Å². The maximum absolute atomic E-state index is 4.19. The molecule has 0 saturated carbocycles. The number of rotatable bonds is 2. The van der Waals surface area contributed by atoms with Gasteiger partial charge in [-0.25, -0.2) is 4.98 Å². The van der Waals surface area contributed by atoms with Gasteiger partial charge in [-0.2, -0.15) is 0 Å². The summed E-state index contributed by atoms with van der Waals surface area (Å²) in [6.07, 6.45) is 1.84. The van der Waals surface area contributed by atoms with E-state index >= 15 is 0 Å². The van der Waals surface area contributed by atoms with Crippen LogP contribution in [-0.2, 0) is 6.54 Å². The molecule has 3 heteroatoms. The largest absolute Gasteiger partial charge is 0.323 e. The topological polar surface area (TPSA) is 17.8 Å². The Labute approximate surface area is 75.8 Å². The molecule has 0 bridgehead atoms.